The van der Waals surface area contributed by atoms with Crippen molar-refractivity contribution >= 4 is 21.7 Å². The van der Waals surface area contributed by atoms with Gasteiger partial charge in [-0.2, -0.15) is 0 Å². The summed E-state index contributed by atoms with van der Waals surface area (Å²) in [4.78, 5) is 29.3. The molecule has 9 nitrogen and oxygen atoms in total. The van der Waals surface area contributed by atoms with Crippen molar-refractivity contribution in [3.05, 3.63) is 94.6 Å². The minimum Gasteiger partial charge on any atom is -0.390 e. The van der Waals surface area contributed by atoms with Crippen LogP contribution in [0.15, 0.2) is 66.3 Å². The highest BCUT2D eigenvalue weighted by atomic mass is 32.2. The largest absolute Gasteiger partial charge is 0.390 e. The van der Waals surface area contributed by atoms with Gasteiger partial charge in [-0.15, -0.1) is 0 Å². The standard InChI is InChI=1S/C31H47N3O6S.C8H8F2/c1-4-9-27(10-5-2)41(39,40)21-28(33-29(37)23-12-8-14-25(35)18-23)30(38)34(20-26(36)19-32)31(15-16-31)24-13-7-11-22(6-3)17-24;1-2-6-3-7(9)5-8(10)4-6/h7-8,11-14,17,25-28,35-36H,4-6,9-10,15-16,18-21,32H2,1-3H3,(H,33,37);3-5H,2H2,1H3/t25?,26-,28?;/m0./s1. The zero-order valence-corrected chi connectivity index (χ0v) is 31.1. The predicted octanol–water partition coefficient (Wildman–Crippen LogP) is 5.03. The molecule has 4 rings (SSSR count). The number of nitrogens with zero attached hydrogens (tertiary/aromatic N) is 1. The van der Waals surface area contributed by atoms with E-state index < -0.39 is 68.1 Å². The summed E-state index contributed by atoms with van der Waals surface area (Å²) in [5, 5.41) is 22.7. The number of hydrogen-bond acceptors (Lipinski definition) is 7. The minimum atomic E-state index is -3.78. The molecule has 2 aromatic rings. The molecule has 2 amide bonds. The highest BCUT2D eigenvalue weighted by Crippen LogP contribution is 2.51. The molecule has 0 radical (unpaired) electrons. The van der Waals surface area contributed by atoms with Crippen LogP contribution in [0.2, 0.25) is 0 Å². The van der Waals surface area contributed by atoms with Crippen molar-refractivity contribution in [3.8, 4) is 0 Å². The number of carbonyl (C=O) groups is 2. The van der Waals surface area contributed by atoms with Crippen molar-refractivity contribution in [2.75, 3.05) is 18.8 Å². The Hall–Kier alpha value is -3.45. The Morgan fingerprint density at radius 1 is 1.00 bits per heavy atom. The number of carbonyl (C=O) groups excluding carboxylic acids is 2. The zero-order valence-electron chi connectivity index (χ0n) is 30.3. The van der Waals surface area contributed by atoms with Crippen molar-refractivity contribution in [3.63, 3.8) is 0 Å². The highest BCUT2D eigenvalue weighted by molar-refractivity contribution is 7.92. The van der Waals surface area contributed by atoms with E-state index in [4.69, 9.17) is 5.73 Å². The number of nitrogens with one attached hydrogen (secondary N) is 1. The van der Waals surface area contributed by atoms with Crippen LogP contribution < -0.4 is 11.1 Å². The average molecular weight is 732 g/mol. The van der Waals surface area contributed by atoms with Gasteiger partial charge in [0.05, 0.1) is 28.7 Å². The van der Waals surface area contributed by atoms with Gasteiger partial charge in [0, 0.05) is 31.1 Å². The number of sulfone groups is 1. The van der Waals surface area contributed by atoms with Gasteiger partial charge in [0.25, 0.3) is 0 Å². The number of aliphatic hydroxyl groups is 2. The fourth-order valence-corrected chi connectivity index (χ4v) is 8.60. The fraction of sp³-hybridized carbons (Fsp3) is 0.538. The molecular weight excluding hydrogens is 677 g/mol. The molecule has 2 unspecified atom stereocenters. The van der Waals surface area contributed by atoms with Gasteiger partial charge in [0.15, 0.2) is 9.84 Å². The van der Waals surface area contributed by atoms with Crippen molar-refractivity contribution in [2.24, 2.45) is 5.73 Å². The average Bonchev–Trinajstić information content (AvgIpc) is 3.91. The second-order valence-corrected chi connectivity index (χ2v) is 15.8. The van der Waals surface area contributed by atoms with Crippen molar-refractivity contribution in [1.82, 2.24) is 10.2 Å². The van der Waals surface area contributed by atoms with Crippen molar-refractivity contribution in [2.45, 2.75) is 115 Å². The second kappa shape index (κ2) is 19.4. The summed E-state index contributed by atoms with van der Waals surface area (Å²) >= 11 is 0. The molecular formula is C39H55F2N3O6S. The molecule has 12 heteroatoms. The number of halogens is 2. The number of rotatable bonds is 17. The molecule has 0 saturated heterocycles. The molecule has 2 aliphatic rings. The molecule has 0 aliphatic heterocycles. The lowest BCUT2D eigenvalue weighted by atomic mass is 9.98. The Balaban J connectivity index is 0.000000602. The molecule has 3 atom stereocenters. The molecule has 1 fully saturated rings. The SMILES string of the molecule is CCCC(CCC)S(=O)(=O)CC(NC(=O)C1=CC=CC(O)C1)C(=O)N(C[C@@H](O)CN)C1(c2cccc(CC)c2)CC1.CCc1cc(F)cc(F)c1. The quantitative estimate of drug-likeness (QED) is 0.178. The molecule has 5 N–H and O–H groups in total. The van der Waals surface area contributed by atoms with Crippen LogP contribution in [0, 0.1) is 11.6 Å². The third-order valence-corrected chi connectivity index (χ3v) is 11.7. The topological polar surface area (TPSA) is 150 Å². The van der Waals surface area contributed by atoms with E-state index in [1.165, 1.54) is 12.1 Å². The molecule has 2 aliphatic carbocycles. The smallest absolute Gasteiger partial charge is 0.247 e. The maximum atomic E-state index is 14.4. The van der Waals surface area contributed by atoms with Crippen molar-refractivity contribution < 1.29 is 37.0 Å². The van der Waals surface area contributed by atoms with Gasteiger partial charge < -0.3 is 26.2 Å². The summed E-state index contributed by atoms with van der Waals surface area (Å²) in [6.07, 6.45) is 7.95. The predicted molar refractivity (Wildman–Crippen MR) is 196 cm³/mol. The monoisotopic (exact) mass is 731 g/mol. The Morgan fingerprint density at radius 3 is 2.16 bits per heavy atom. The van der Waals surface area contributed by atoms with Gasteiger partial charge in [-0.25, -0.2) is 17.2 Å². The molecule has 0 spiro atoms. The molecule has 2 aromatic carbocycles. The van der Waals surface area contributed by atoms with Crippen LogP contribution >= 0.6 is 0 Å². The van der Waals surface area contributed by atoms with Crippen LogP contribution in [-0.2, 0) is 37.8 Å². The van der Waals surface area contributed by atoms with Crippen LogP contribution in [0.3, 0.4) is 0 Å². The number of nitrogens with two attached hydrogens (primary N) is 1. The Bertz CT molecular complexity index is 1620. The summed E-state index contributed by atoms with van der Waals surface area (Å²) in [5.41, 5.74) is 8.01. The normalized spacial score (nSPS) is 17.5. The first-order chi connectivity index (χ1) is 24.2. The van der Waals surface area contributed by atoms with E-state index in [1.807, 2.05) is 52.0 Å². The molecule has 51 heavy (non-hydrogen) atoms. The first-order valence-corrected chi connectivity index (χ1v) is 19.8. The van der Waals surface area contributed by atoms with Crippen molar-refractivity contribution in [1.29, 1.82) is 0 Å². The lowest BCUT2D eigenvalue weighted by Crippen LogP contribution is -2.57. The van der Waals surface area contributed by atoms with Crippen LogP contribution in [0.25, 0.3) is 0 Å². The van der Waals surface area contributed by atoms with Gasteiger partial charge >= 0.3 is 0 Å². The van der Waals surface area contributed by atoms with E-state index in [0.717, 1.165) is 23.6 Å². The van der Waals surface area contributed by atoms with Gasteiger partial charge in [0.2, 0.25) is 11.8 Å². The van der Waals surface area contributed by atoms with Crippen LogP contribution in [0.1, 0.15) is 89.3 Å². The number of aliphatic hydroxyl groups excluding tert-OH is 2. The van der Waals surface area contributed by atoms with E-state index in [0.29, 0.717) is 50.5 Å². The lowest BCUT2D eigenvalue weighted by Gasteiger charge is -2.37. The maximum Gasteiger partial charge on any atom is 0.247 e. The highest BCUT2D eigenvalue weighted by Gasteiger charge is 2.53. The van der Waals surface area contributed by atoms with E-state index in [-0.39, 0.29) is 25.1 Å². The lowest BCUT2D eigenvalue weighted by molar-refractivity contribution is -0.140. The van der Waals surface area contributed by atoms with Gasteiger partial charge in [-0.05, 0) is 67.3 Å². The van der Waals surface area contributed by atoms with Crippen LogP contribution in [0.4, 0.5) is 8.78 Å². The molecule has 0 heterocycles. The Kier molecular flexibility index (Phi) is 16.0. The number of amides is 2. The number of benzene rings is 2. The third-order valence-electron chi connectivity index (χ3n) is 9.46. The maximum absolute atomic E-state index is 14.4. The number of allylic oxidation sites excluding steroid dienone is 2. The van der Waals surface area contributed by atoms with E-state index in [1.54, 1.807) is 23.1 Å². The Labute approximate surface area is 301 Å². The summed E-state index contributed by atoms with van der Waals surface area (Å²) in [5.74, 6) is -2.71. The first kappa shape index (κ1) is 42.0. The van der Waals surface area contributed by atoms with E-state index in [9.17, 15) is 37.0 Å². The Morgan fingerprint density at radius 2 is 1.63 bits per heavy atom. The fourth-order valence-electron chi connectivity index (χ4n) is 6.45. The summed E-state index contributed by atoms with van der Waals surface area (Å²) in [7, 11) is -3.78. The van der Waals surface area contributed by atoms with Gasteiger partial charge in [-0.3, -0.25) is 9.59 Å². The summed E-state index contributed by atoms with van der Waals surface area (Å²) in [6, 6.07) is 10.1. The molecule has 0 bridgehead atoms. The molecule has 1 saturated carbocycles. The van der Waals surface area contributed by atoms with Gasteiger partial charge in [-0.1, -0.05) is 83.0 Å². The minimum absolute atomic E-state index is 0.0631. The second-order valence-electron chi connectivity index (χ2n) is 13.5. The van der Waals surface area contributed by atoms with Crippen LogP contribution in [-0.4, -0.2) is 77.7 Å². The van der Waals surface area contributed by atoms with Crippen LogP contribution in [0.5, 0.6) is 0 Å². The van der Waals surface area contributed by atoms with E-state index in [2.05, 4.69) is 5.32 Å². The zero-order chi connectivity index (χ0) is 37.8. The van der Waals surface area contributed by atoms with E-state index >= 15 is 0 Å². The first-order valence-electron chi connectivity index (χ1n) is 18.0. The number of hydrogen-bond donors (Lipinski definition) is 4. The molecule has 0 aromatic heterocycles. The van der Waals surface area contributed by atoms with Gasteiger partial charge in [0.1, 0.15) is 17.7 Å². The number of aryl methyl sites for hydroxylation is 2. The summed E-state index contributed by atoms with van der Waals surface area (Å²) in [6.45, 7) is 7.59. The molecule has 282 valence electrons. The third kappa shape index (κ3) is 11.8. The summed E-state index contributed by atoms with van der Waals surface area (Å²) < 4.78 is 52.1.